The molecule has 1 aliphatic heterocycles. The van der Waals surface area contributed by atoms with Gasteiger partial charge in [0, 0.05) is 11.9 Å². The van der Waals surface area contributed by atoms with Crippen molar-refractivity contribution in [3.63, 3.8) is 0 Å². The van der Waals surface area contributed by atoms with E-state index in [0.29, 0.717) is 0 Å². The summed E-state index contributed by atoms with van der Waals surface area (Å²) in [6.07, 6.45) is 0. The van der Waals surface area contributed by atoms with Gasteiger partial charge >= 0.3 is 0 Å². The minimum atomic E-state index is 0.275. The summed E-state index contributed by atoms with van der Waals surface area (Å²) in [5, 5.41) is 6.75. The maximum atomic E-state index is 5.62. The molecule has 18 heavy (non-hydrogen) atoms. The molecule has 3 nitrogen and oxygen atoms in total. The van der Waals surface area contributed by atoms with Gasteiger partial charge in [0.05, 0.1) is 30.0 Å². The molecule has 1 atom stereocenters. The Morgan fingerprint density at radius 1 is 1.44 bits per heavy atom. The number of hydrogen-bond acceptors (Lipinski definition) is 4. The second-order valence-corrected chi connectivity index (χ2v) is 5.57. The molecule has 0 fully saturated rings. The van der Waals surface area contributed by atoms with Crippen LogP contribution in [0.2, 0.25) is 0 Å². The van der Waals surface area contributed by atoms with Crippen LogP contribution < -0.4 is 5.32 Å². The lowest BCUT2D eigenvalue weighted by Gasteiger charge is -2.26. The Labute approximate surface area is 111 Å². The van der Waals surface area contributed by atoms with Gasteiger partial charge in [-0.05, 0) is 18.1 Å². The summed E-state index contributed by atoms with van der Waals surface area (Å²) in [5.41, 5.74) is 3.76. The molecule has 0 saturated carbocycles. The van der Waals surface area contributed by atoms with Crippen molar-refractivity contribution in [2.75, 3.05) is 6.61 Å². The van der Waals surface area contributed by atoms with Crippen LogP contribution in [0.1, 0.15) is 27.9 Å². The molecule has 4 heteroatoms. The second-order valence-electron chi connectivity index (χ2n) is 4.51. The van der Waals surface area contributed by atoms with Crippen molar-refractivity contribution in [1.29, 1.82) is 0 Å². The van der Waals surface area contributed by atoms with Crippen LogP contribution in [0.3, 0.4) is 0 Å². The van der Waals surface area contributed by atoms with E-state index < -0.39 is 0 Å². The predicted molar refractivity (Wildman–Crippen MR) is 72.5 cm³/mol. The van der Waals surface area contributed by atoms with Crippen LogP contribution >= 0.6 is 11.3 Å². The molecular formula is C14H16N2OS. The van der Waals surface area contributed by atoms with Gasteiger partial charge in [-0.15, -0.1) is 11.3 Å². The van der Waals surface area contributed by atoms with E-state index in [2.05, 4.69) is 39.9 Å². The maximum absolute atomic E-state index is 5.62. The summed E-state index contributed by atoms with van der Waals surface area (Å²) >= 11 is 1.69. The molecule has 1 N–H and O–H groups in total. The lowest BCUT2D eigenvalue weighted by molar-refractivity contribution is 0.0816. The minimum Gasteiger partial charge on any atom is -0.375 e. The van der Waals surface area contributed by atoms with Crippen LogP contribution in [-0.4, -0.2) is 11.6 Å². The van der Waals surface area contributed by atoms with Gasteiger partial charge in [0.25, 0.3) is 0 Å². The molecule has 0 bridgehead atoms. The van der Waals surface area contributed by atoms with Gasteiger partial charge in [-0.2, -0.15) is 0 Å². The molecule has 3 rings (SSSR count). The van der Waals surface area contributed by atoms with E-state index in [9.17, 15) is 0 Å². The number of hydrogen-bond donors (Lipinski definition) is 1. The lowest BCUT2D eigenvalue weighted by atomic mass is 9.99. The zero-order chi connectivity index (χ0) is 12.4. The molecule has 2 heterocycles. The highest BCUT2D eigenvalue weighted by molar-refractivity contribution is 7.09. The van der Waals surface area contributed by atoms with Crippen molar-refractivity contribution >= 4 is 11.3 Å². The molecule has 0 radical (unpaired) electrons. The quantitative estimate of drug-likeness (QED) is 0.921. The minimum absolute atomic E-state index is 0.275. The summed E-state index contributed by atoms with van der Waals surface area (Å²) in [7, 11) is 0. The van der Waals surface area contributed by atoms with Crippen molar-refractivity contribution in [3.8, 4) is 0 Å². The zero-order valence-corrected chi connectivity index (χ0v) is 11.2. The van der Waals surface area contributed by atoms with Crippen LogP contribution in [0.4, 0.5) is 0 Å². The highest BCUT2D eigenvalue weighted by Gasteiger charge is 2.19. The van der Waals surface area contributed by atoms with Gasteiger partial charge in [-0.3, -0.25) is 0 Å². The number of aromatic nitrogens is 1. The van der Waals surface area contributed by atoms with Gasteiger partial charge in [0.1, 0.15) is 0 Å². The third-order valence-corrected chi connectivity index (χ3v) is 3.99. The van der Waals surface area contributed by atoms with E-state index in [0.717, 1.165) is 30.5 Å². The number of ether oxygens (including phenoxy) is 1. The van der Waals surface area contributed by atoms with Crippen LogP contribution in [0.15, 0.2) is 29.6 Å². The summed E-state index contributed by atoms with van der Waals surface area (Å²) in [4.78, 5) is 4.47. The fourth-order valence-electron chi connectivity index (χ4n) is 2.27. The molecule has 1 unspecified atom stereocenters. The summed E-state index contributed by atoms with van der Waals surface area (Å²) in [5.74, 6) is 0. The summed E-state index contributed by atoms with van der Waals surface area (Å²) in [6.45, 7) is 4.30. The largest absolute Gasteiger partial charge is 0.375 e. The molecule has 1 aromatic carbocycles. The van der Waals surface area contributed by atoms with Crippen molar-refractivity contribution in [2.45, 2.75) is 26.1 Å². The zero-order valence-electron chi connectivity index (χ0n) is 10.3. The van der Waals surface area contributed by atoms with E-state index in [4.69, 9.17) is 4.74 Å². The highest BCUT2D eigenvalue weighted by atomic mass is 32.1. The molecule has 1 aromatic heterocycles. The first kappa shape index (κ1) is 11.8. The SMILES string of the molecule is Cc1nc(CNC2COCc3ccccc32)cs1. The number of nitrogens with zero attached hydrogens (tertiary/aromatic N) is 1. The van der Waals surface area contributed by atoms with Gasteiger partial charge in [-0.1, -0.05) is 24.3 Å². The Kier molecular flexibility index (Phi) is 3.41. The standard InChI is InChI=1S/C14H16N2OS/c1-10-16-12(9-18-10)6-15-14-8-17-7-11-4-2-3-5-13(11)14/h2-5,9,14-15H,6-8H2,1H3. The Bertz CT molecular complexity index is 538. The highest BCUT2D eigenvalue weighted by Crippen LogP contribution is 2.24. The van der Waals surface area contributed by atoms with E-state index in [1.165, 1.54) is 11.1 Å². The lowest BCUT2D eigenvalue weighted by Crippen LogP contribution is -2.29. The fraction of sp³-hybridized carbons (Fsp3) is 0.357. The van der Waals surface area contributed by atoms with Crippen LogP contribution in [-0.2, 0) is 17.9 Å². The van der Waals surface area contributed by atoms with Crippen molar-refractivity contribution in [2.24, 2.45) is 0 Å². The van der Waals surface area contributed by atoms with Crippen molar-refractivity contribution in [3.05, 3.63) is 51.5 Å². The second kappa shape index (κ2) is 5.18. The third-order valence-electron chi connectivity index (χ3n) is 3.17. The summed E-state index contributed by atoms with van der Waals surface area (Å²) < 4.78 is 5.62. The first-order valence-corrected chi connectivity index (χ1v) is 7.01. The van der Waals surface area contributed by atoms with Crippen molar-refractivity contribution in [1.82, 2.24) is 10.3 Å². The topological polar surface area (TPSA) is 34.2 Å². The van der Waals surface area contributed by atoms with Gasteiger partial charge < -0.3 is 10.1 Å². The van der Waals surface area contributed by atoms with Crippen LogP contribution in [0.25, 0.3) is 0 Å². The number of thiazole rings is 1. The number of nitrogens with one attached hydrogen (secondary N) is 1. The van der Waals surface area contributed by atoms with Crippen molar-refractivity contribution < 1.29 is 4.74 Å². The molecule has 0 aliphatic carbocycles. The van der Waals surface area contributed by atoms with Gasteiger partial charge in [0.15, 0.2) is 0 Å². The number of fused-ring (bicyclic) bond motifs is 1. The van der Waals surface area contributed by atoms with Gasteiger partial charge in [0.2, 0.25) is 0 Å². The smallest absolute Gasteiger partial charge is 0.0897 e. The number of aryl methyl sites for hydroxylation is 1. The monoisotopic (exact) mass is 260 g/mol. The molecule has 0 saturated heterocycles. The Hall–Kier alpha value is -1.23. The van der Waals surface area contributed by atoms with E-state index >= 15 is 0 Å². The third kappa shape index (κ3) is 2.46. The Morgan fingerprint density at radius 2 is 2.33 bits per heavy atom. The van der Waals surface area contributed by atoms with E-state index in [1.807, 2.05) is 6.92 Å². The van der Waals surface area contributed by atoms with Crippen LogP contribution in [0, 0.1) is 6.92 Å². The number of rotatable bonds is 3. The molecule has 0 spiro atoms. The van der Waals surface area contributed by atoms with E-state index in [1.54, 1.807) is 11.3 Å². The van der Waals surface area contributed by atoms with Crippen LogP contribution in [0.5, 0.6) is 0 Å². The Morgan fingerprint density at radius 3 is 3.17 bits per heavy atom. The fourth-order valence-corrected chi connectivity index (χ4v) is 2.88. The molecule has 0 amide bonds. The predicted octanol–water partition coefficient (Wildman–Crippen LogP) is 2.81. The molecule has 94 valence electrons. The average Bonchev–Trinajstić information content (AvgIpc) is 2.82. The maximum Gasteiger partial charge on any atom is 0.0897 e. The Balaban J connectivity index is 1.71. The van der Waals surface area contributed by atoms with E-state index in [-0.39, 0.29) is 6.04 Å². The van der Waals surface area contributed by atoms with Gasteiger partial charge in [-0.25, -0.2) is 4.98 Å². The normalized spacial score (nSPS) is 18.6. The molecular weight excluding hydrogens is 244 g/mol. The average molecular weight is 260 g/mol. The number of benzene rings is 1. The first-order chi connectivity index (χ1) is 8.83. The summed E-state index contributed by atoms with van der Waals surface area (Å²) in [6, 6.07) is 8.75. The first-order valence-electron chi connectivity index (χ1n) is 6.13. The molecule has 1 aliphatic rings. The molecule has 2 aromatic rings.